The fourth-order valence-electron chi connectivity index (χ4n) is 1.54. The molecule has 1 aromatic carbocycles. The maximum absolute atomic E-state index is 13.4. The Morgan fingerprint density at radius 2 is 1.95 bits per heavy atom. The summed E-state index contributed by atoms with van der Waals surface area (Å²) in [5, 5.41) is 14.4. The van der Waals surface area contributed by atoms with E-state index in [9.17, 15) is 14.0 Å². The van der Waals surface area contributed by atoms with Crippen LogP contribution < -0.4 is 10.6 Å². The lowest BCUT2D eigenvalue weighted by Gasteiger charge is -2.20. The molecular formula is C14H19FN2O3. The predicted octanol–water partition coefficient (Wildman–Crippen LogP) is 2.24. The first kappa shape index (κ1) is 16.1. The quantitative estimate of drug-likeness (QED) is 0.774. The van der Waals surface area contributed by atoms with E-state index in [0.29, 0.717) is 6.54 Å². The molecule has 6 heteroatoms. The van der Waals surface area contributed by atoms with E-state index in [2.05, 4.69) is 10.6 Å². The van der Waals surface area contributed by atoms with Crippen LogP contribution in [0.1, 0.15) is 37.6 Å². The fourth-order valence-corrected chi connectivity index (χ4v) is 1.54. The highest BCUT2D eigenvalue weighted by Crippen LogP contribution is 2.14. The Morgan fingerprint density at radius 3 is 2.45 bits per heavy atom. The summed E-state index contributed by atoms with van der Waals surface area (Å²) in [6.45, 7) is 6.48. The molecular weight excluding hydrogens is 263 g/mol. The summed E-state index contributed by atoms with van der Waals surface area (Å²) in [5.41, 5.74) is -0.249. The van der Waals surface area contributed by atoms with Gasteiger partial charge in [-0.25, -0.2) is 9.18 Å². The lowest BCUT2D eigenvalue weighted by Crippen LogP contribution is -2.37. The monoisotopic (exact) mass is 282 g/mol. The summed E-state index contributed by atoms with van der Waals surface area (Å²) in [4.78, 5) is 22.3. The number of anilines is 1. The number of hydrogen-bond acceptors (Lipinski definition) is 3. The Kier molecular flexibility index (Phi) is 5.21. The number of benzene rings is 1. The molecule has 110 valence electrons. The standard InChI is InChI=1S/C14H19FN2O3/c1-14(2,3)16-7-6-12(18)17-9-4-5-10(13(19)20)11(15)8-9/h4-5,8,16H,6-7H2,1-3H3,(H,17,18)(H,19,20). The predicted molar refractivity (Wildman–Crippen MR) is 74.4 cm³/mol. The van der Waals surface area contributed by atoms with Gasteiger partial charge in [-0.2, -0.15) is 0 Å². The molecule has 0 aliphatic heterocycles. The van der Waals surface area contributed by atoms with Gasteiger partial charge in [-0.3, -0.25) is 4.79 Å². The van der Waals surface area contributed by atoms with Crippen LogP contribution in [0.3, 0.4) is 0 Å². The van der Waals surface area contributed by atoms with Gasteiger partial charge in [0, 0.05) is 24.2 Å². The zero-order chi connectivity index (χ0) is 15.3. The third kappa shape index (κ3) is 5.36. The van der Waals surface area contributed by atoms with E-state index in [4.69, 9.17) is 5.11 Å². The third-order valence-corrected chi connectivity index (χ3v) is 2.49. The van der Waals surface area contributed by atoms with Crippen molar-refractivity contribution in [2.24, 2.45) is 0 Å². The maximum atomic E-state index is 13.4. The van der Waals surface area contributed by atoms with Gasteiger partial charge in [0.25, 0.3) is 0 Å². The van der Waals surface area contributed by atoms with Crippen molar-refractivity contribution < 1.29 is 19.1 Å². The summed E-state index contributed by atoms with van der Waals surface area (Å²) in [5.74, 6) is -2.47. The van der Waals surface area contributed by atoms with Crippen LogP contribution in [0.5, 0.6) is 0 Å². The van der Waals surface area contributed by atoms with Crippen LogP contribution in [0.25, 0.3) is 0 Å². The highest BCUT2D eigenvalue weighted by molar-refractivity contribution is 5.92. The lowest BCUT2D eigenvalue weighted by molar-refractivity contribution is -0.116. The molecule has 0 saturated heterocycles. The molecule has 0 bridgehead atoms. The zero-order valence-corrected chi connectivity index (χ0v) is 11.8. The van der Waals surface area contributed by atoms with Crippen LogP contribution in [0.4, 0.5) is 10.1 Å². The van der Waals surface area contributed by atoms with Gasteiger partial charge in [-0.15, -0.1) is 0 Å². The van der Waals surface area contributed by atoms with E-state index in [-0.39, 0.29) is 23.6 Å². The molecule has 5 nitrogen and oxygen atoms in total. The number of amides is 1. The second-order valence-electron chi connectivity index (χ2n) is 5.47. The van der Waals surface area contributed by atoms with E-state index in [1.54, 1.807) is 0 Å². The number of aromatic carboxylic acids is 1. The van der Waals surface area contributed by atoms with E-state index < -0.39 is 17.3 Å². The highest BCUT2D eigenvalue weighted by atomic mass is 19.1. The van der Waals surface area contributed by atoms with Gasteiger partial charge < -0.3 is 15.7 Å². The van der Waals surface area contributed by atoms with Gasteiger partial charge in [0.2, 0.25) is 5.91 Å². The molecule has 0 aliphatic carbocycles. The van der Waals surface area contributed by atoms with Crippen LogP contribution in [0.2, 0.25) is 0 Å². The minimum atomic E-state index is -1.34. The van der Waals surface area contributed by atoms with Crippen molar-refractivity contribution in [2.75, 3.05) is 11.9 Å². The van der Waals surface area contributed by atoms with Crippen LogP contribution in [-0.2, 0) is 4.79 Å². The molecule has 3 N–H and O–H groups in total. The largest absolute Gasteiger partial charge is 0.478 e. The summed E-state index contributed by atoms with van der Waals surface area (Å²) in [6.07, 6.45) is 0.250. The molecule has 0 spiro atoms. The molecule has 0 radical (unpaired) electrons. The Hall–Kier alpha value is -1.95. The topological polar surface area (TPSA) is 78.4 Å². The number of nitrogens with one attached hydrogen (secondary N) is 2. The molecule has 20 heavy (non-hydrogen) atoms. The van der Waals surface area contributed by atoms with E-state index in [1.165, 1.54) is 6.07 Å². The minimum absolute atomic E-state index is 0.0739. The van der Waals surface area contributed by atoms with Crippen molar-refractivity contribution in [3.05, 3.63) is 29.6 Å². The molecule has 0 atom stereocenters. The number of hydrogen-bond donors (Lipinski definition) is 3. The van der Waals surface area contributed by atoms with Gasteiger partial charge in [0.05, 0.1) is 5.56 Å². The van der Waals surface area contributed by atoms with Crippen molar-refractivity contribution in [1.29, 1.82) is 0 Å². The Labute approximate surface area is 117 Å². The maximum Gasteiger partial charge on any atom is 0.338 e. The van der Waals surface area contributed by atoms with E-state index in [0.717, 1.165) is 12.1 Å². The number of carbonyl (C=O) groups excluding carboxylic acids is 1. The van der Waals surface area contributed by atoms with Crippen LogP contribution in [0, 0.1) is 5.82 Å². The first-order chi connectivity index (χ1) is 9.19. The van der Waals surface area contributed by atoms with Crippen LogP contribution >= 0.6 is 0 Å². The van der Waals surface area contributed by atoms with Gasteiger partial charge in [-0.1, -0.05) is 0 Å². The zero-order valence-electron chi connectivity index (χ0n) is 11.8. The van der Waals surface area contributed by atoms with Crippen molar-refractivity contribution in [1.82, 2.24) is 5.32 Å². The molecule has 0 fully saturated rings. The SMILES string of the molecule is CC(C)(C)NCCC(=O)Nc1ccc(C(=O)O)c(F)c1. The van der Waals surface area contributed by atoms with Gasteiger partial charge in [0.15, 0.2) is 0 Å². The summed E-state index contributed by atoms with van der Waals surface area (Å²) in [7, 11) is 0. The molecule has 1 amide bonds. The average molecular weight is 282 g/mol. The molecule has 0 aromatic heterocycles. The number of rotatable bonds is 5. The van der Waals surface area contributed by atoms with Crippen LogP contribution in [0.15, 0.2) is 18.2 Å². The first-order valence-corrected chi connectivity index (χ1v) is 6.27. The third-order valence-electron chi connectivity index (χ3n) is 2.49. The van der Waals surface area contributed by atoms with Crippen molar-refractivity contribution in [3.63, 3.8) is 0 Å². The van der Waals surface area contributed by atoms with Gasteiger partial charge in [0.1, 0.15) is 5.82 Å². The Bertz CT molecular complexity index is 510. The summed E-state index contributed by atoms with van der Waals surface area (Å²) >= 11 is 0. The molecule has 0 aliphatic rings. The molecule has 0 saturated carbocycles. The van der Waals surface area contributed by atoms with E-state index >= 15 is 0 Å². The molecule has 1 aromatic rings. The van der Waals surface area contributed by atoms with Gasteiger partial charge >= 0.3 is 5.97 Å². The Balaban J connectivity index is 2.54. The van der Waals surface area contributed by atoms with Crippen molar-refractivity contribution in [2.45, 2.75) is 32.7 Å². The fraction of sp³-hybridized carbons (Fsp3) is 0.429. The first-order valence-electron chi connectivity index (χ1n) is 6.27. The highest BCUT2D eigenvalue weighted by Gasteiger charge is 2.12. The smallest absolute Gasteiger partial charge is 0.338 e. The number of halogens is 1. The number of carboxylic acids is 1. The molecule has 0 unspecified atom stereocenters. The van der Waals surface area contributed by atoms with Crippen molar-refractivity contribution >= 4 is 17.6 Å². The van der Waals surface area contributed by atoms with E-state index in [1.807, 2.05) is 20.8 Å². The average Bonchev–Trinajstić information content (AvgIpc) is 2.26. The summed E-state index contributed by atoms with van der Waals surface area (Å²) in [6, 6.07) is 3.49. The summed E-state index contributed by atoms with van der Waals surface area (Å²) < 4.78 is 13.4. The Morgan fingerprint density at radius 1 is 1.30 bits per heavy atom. The number of carbonyl (C=O) groups is 2. The second-order valence-corrected chi connectivity index (χ2v) is 5.47. The molecule has 0 heterocycles. The second kappa shape index (κ2) is 6.47. The molecule has 1 rings (SSSR count). The lowest BCUT2D eigenvalue weighted by atomic mass is 10.1. The van der Waals surface area contributed by atoms with Gasteiger partial charge in [-0.05, 0) is 39.0 Å². The normalized spacial score (nSPS) is 11.2. The van der Waals surface area contributed by atoms with Crippen molar-refractivity contribution in [3.8, 4) is 0 Å². The minimum Gasteiger partial charge on any atom is -0.478 e. The number of carboxylic acid groups (broad SMARTS) is 1. The van der Waals surface area contributed by atoms with Crippen LogP contribution in [-0.4, -0.2) is 29.1 Å².